The number of anilines is 1. The predicted molar refractivity (Wildman–Crippen MR) is 78.3 cm³/mol. The summed E-state index contributed by atoms with van der Waals surface area (Å²) in [6.45, 7) is 2.83. The van der Waals surface area contributed by atoms with E-state index in [4.69, 9.17) is 5.73 Å². The molecule has 0 saturated carbocycles. The van der Waals surface area contributed by atoms with Gasteiger partial charge < -0.3 is 15.6 Å². The van der Waals surface area contributed by atoms with Gasteiger partial charge in [-0.25, -0.2) is 13.2 Å². The highest BCUT2D eigenvalue weighted by molar-refractivity contribution is 7.89. The summed E-state index contributed by atoms with van der Waals surface area (Å²) >= 11 is 0. The van der Waals surface area contributed by atoms with Crippen LogP contribution in [0.15, 0.2) is 23.1 Å². The molecule has 0 radical (unpaired) electrons. The highest BCUT2D eigenvalue weighted by Gasteiger charge is 2.34. The fourth-order valence-electron chi connectivity index (χ4n) is 1.60. The number of likely N-dealkylation sites (N-methyl/N-ethyl adjacent to an activating group) is 1. The van der Waals surface area contributed by atoms with Gasteiger partial charge in [-0.3, -0.25) is 0 Å². The number of nitrogen functional groups attached to an aromatic ring is 1. The normalized spacial score (nSPS) is 12.5. The number of sulfonamides is 1. The second kappa shape index (κ2) is 6.00. The third-order valence-electron chi connectivity index (χ3n) is 3.31. The van der Waals surface area contributed by atoms with Gasteiger partial charge in [0.2, 0.25) is 10.0 Å². The third-order valence-corrected chi connectivity index (χ3v) is 5.45. The molecule has 1 rings (SSSR count). The number of nitrogens with zero attached hydrogens (tertiary/aromatic N) is 1. The summed E-state index contributed by atoms with van der Waals surface area (Å²) in [5.41, 5.74) is 4.87. The first-order valence-corrected chi connectivity index (χ1v) is 7.59. The molecule has 0 aromatic heterocycles. The lowest BCUT2D eigenvalue weighted by molar-refractivity contribution is 0.0600. The van der Waals surface area contributed by atoms with Crippen LogP contribution in [0.4, 0.5) is 5.69 Å². The summed E-state index contributed by atoms with van der Waals surface area (Å²) in [7, 11) is -1.31. The van der Waals surface area contributed by atoms with Crippen molar-refractivity contribution in [2.45, 2.75) is 24.3 Å². The van der Waals surface area contributed by atoms with Crippen LogP contribution in [0.1, 0.15) is 24.2 Å². The van der Waals surface area contributed by atoms with Crippen molar-refractivity contribution >= 4 is 21.7 Å². The van der Waals surface area contributed by atoms with Gasteiger partial charge in [0.15, 0.2) is 0 Å². The Hall–Kier alpha value is -1.64. The number of aliphatic hydroxyl groups is 1. The van der Waals surface area contributed by atoms with Crippen molar-refractivity contribution in [3.63, 3.8) is 0 Å². The number of benzene rings is 1. The van der Waals surface area contributed by atoms with Crippen molar-refractivity contribution in [1.29, 1.82) is 0 Å². The maximum Gasteiger partial charge on any atom is 0.337 e. The number of nitrogens with two attached hydrogens (primary N) is 1. The lowest BCUT2D eigenvalue weighted by Gasteiger charge is -2.33. The highest BCUT2D eigenvalue weighted by atomic mass is 32.2. The van der Waals surface area contributed by atoms with E-state index < -0.39 is 21.5 Å². The van der Waals surface area contributed by atoms with Crippen molar-refractivity contribution in [2.24, 2.45) is 0 Å². The van der Waals surface area contributed by atoms with Crippen LogP contribution in [-0.2, 0) is 14.8 Å². The molecule has 1 aromatic rings. The summed E-state index contributed by atoms with van der Waals surface area (Å²) in [4.78, 5) is 11.3. The molecule has 0 aliphatic carbocycles. The minimum absolute atomic E-state index is 0.0570. The number of esters is 1. The SMILES string of the molecule is COC(=O)c1ccc(S(=O)(=O)N(C)C(C)(C)CO)c(N)c1. The second-order valence-corrected chi connectivity index (χ2v) is 7.12. The summed E-state index contributed by atoms with van der Waals surface area (Å²) in [5.74, 6) is -0.602. The maximum absolute atomic E-state index is 12.5. The van der Waals surface area contributed by atoms with E-state index in [1.807, 2.05) is 0 Å². The van der Waals surface area contributed by atoms with Crippen LogP contribution < -0.4 is 5.73 Å². The molecule has 21 heavy (non-hydrogen) atoms. The molecule has 0 bridgehead atoms. The van der Waals surface area contributed by atoms with Crippen LogP contribution in [0.3, 0.4) is 0 Å². The molecule has 0 atom stereocenters. The zero-order valence-electron chi connectivity index (χ0n) is 12.5. The van der Waals surface area contributed by atoms with Gasteiger partial charge in [0.1, 0.15) is 4.90 Å². The minimum Gasteiger partial charge on any atom is -0.465 e. The average Bonchev–Trinajstić information content (AvgIpc) is 2.44. The Kier molecular flexibility index (Phi) is 4.98. The van der Waals surface area contributed by atoms with Gasteiger partial charge in [0.25, 0.3) is 0 Å². The molecule has 0 aliphatic rings. The van der Waals surface area contributed by atoms with Gasteiger partial charge in [-0.2, -0.15) is 4.31 Å². The third kappa shape index (κ3) is 3.34. The van der Waals surface area contributed by atoms with Crippen LogP contribution in [0.5, 0.6) is 0 Å². The van der Waals surface area contributed by atoms with Crippen LogP contribution >= 0.6 is 0 Å². The fraction of sp³-hybridized carbons (Fsp3) is 0.462. The topological polar surface area (TPSA) is 110 Å². The first-order chi connectivity index (χ1) is 9.57. The zero-order chi connectivity index (χ0) is 16.4. The van der Waals surface area contributed by atoms with Crippen molar-refractivity contribution in [2.75, 3.05) is 26.5 Å². The van der Waals surface area contributed by atoms with Crippen molar-refractivity contribution in [3.05, 3.63) is 23.8 Å². The fourth-order valence-corrected chi connectivity index (χ4v) is 3.20. The van der Waals surface area contributed by atoms with E-state index in [1.165, 1.54) is 32.4 Å². The standard InChI is InChI=1S/C13H20N2O5S/c1-13(2,8-16)15(3)21(18,19)11-6-5-9(7-10(11)14)12(17)20-4/h5-7,16H,8,14H2,1-4H3. The quantitative estimate of drug-likeness (QED) is 0.603. The van der Waals surface area contributed by atoms with Gasteiger partial charge >= 0.3 is 5.97 Å². The van der Waals surface area contributed by atoms with Crippen LogP contribution in [-0.4, -0.2) is 50.1 Å². The summed E-state index contributed by atoms with van der Waals surface area (Å²) in [6.07, 6.45) is 0. The van der Waals surface area contributed by atoms with E-state index in [-0.39, 0.29) is 22.8 Å². The number of hydrogen-bond acceptors (Lipinski definition) is 6. The Bertz CT molecular complexity index is 640. The Morgan fingerprint density at radius 1 is 1.43 bits per heavy atom. The van der Waals surface area contributed by atoms with Crippen LogP contribution in [0, 0.1) is 0 Å². The van der Waals surface area contributed by atoms with E-state index in [2.05, 4.69) is 4.74 Å². The summed E-state index contributed by atoms with van der Waals surface area (Å²) in [5, 5.41) is 9.29. The summed E-state index contributed by atoms with van der Waals surface area (Å²) in [6, 6.07) is 3.83. The number of carbonyl (C=O) groups excluding carboxylic acids is 1. The highest BCUT2D eigenvalue weighted by Crippen LogP contribution is 2.27. The van der Waals surface area contributed by atoms with Crippen molar-refractivity contribution < 1.29 is 23.1 Å². The zero-order valence-corrected chi connectivity index (χ0v) is 13.3. The lowest BCUT2D eigenvalue weighted by atomic mass is 10.1. The molecule has 3 N–H and O–H groups in total. The van der Waals surface area contributed by atoms with E-state index in [1.54, 1.807) is 13.8 Å². The Balaban J connectivity index is 3.31. The van der Waals surface area contributed by atoms with Gasteiger partial charge in [0, 0.05) is 7.05 Å². The minimum atomic E-state index is -3.89. The number of ether oxygens (including phenoxy) is 1. The first kappa shape index (κ1) is 17.4. The van der Waals surface area contributed by atoms with Crippen molar-refractivity contribution in [1.82, 2.24) is 4.31 Å². The number of aliphatic hydroxyl groups excluding tert-OH is 1. The predicted octanol–water partition coefficient (Wildman–Crippen LogP) is 0.447. The first-order valence-electron chi connectivity index (χ1n) is 6.15. The Labute approximate surface area is 124 Å². The molecule has 0 unspecified atom stereocenters. The molecule has 7 nitrogen and oxygen atoms in total. The number of rotatable bonds is 5. The molecule has 0 aliphatic heterocycles. The van der Waals surface area contributed by atoms with Crippen molar-refractivity contribution in [3.8, 4) is 0 Å². The Morgan fingerprint density at radius 3 is 2.43 bits per heavy atom. The monoisotopic (exact) mass is 316 g/mol. The number of methoxy groups -OCH3 is 1. The van der Waals surface area contributed by atoms with E-state index in [0.717, 1.165) is 4.31 Å². The molecule has 0 spiro atoms. The number of hydrogen-bond donors (Lipinski definition) is 2. The van der Waals surface area contributed by atoms with Gasteiger partial charge in [-0.1, -0.05) is 0 Å². The molecular weight excluding hydrogens is 296 g/mol. The van der Waals surface area contributed by atoms with E-state index in [0.29, 0.717) is 0 Å². The smallest absolute Gasteiger partial charge is 0.337 e. The lowest BCUT2D eigenvalue weighted by Crippen LogP contribution is -2.47. The van der Waals surface area contributed by atoms with Gasteiger partial charge in [0.05, 0.1) is 30.5 Å². The molecule has 1 aromatic carbocycles. The number of carbonyl (C=O) groups is 1. The average molecular weight is 316 g/mol. The van der Waals surface area contributed by atoms with Gasteiger partial charge in [-0.15, -0.1) is 0 Å². The van der Waals surface area contributed by atoms with Gasteiger partial charge in [-0.05, 0) is 32.0 Å². The largest absolute Gasteiger partial charge is 0.465 e. The molecule has 0 heterocycles. The molecule has 8 heteroatoms. The summed E-state index contributed by atoms with van der Waals surface area (Å²) < 4.78 is 30.6. The molecule has 0 saturated heterocycles. The molecular formula is C13H20N2O5S. The molecule has 0 fully saturated rings. The molecule has 0 amide bonds. The van der Waals surface area contributed by atoms with Crippen LogP contribution in [0.25, 0.3) is 0 Å². The van der Waals surface area contributed by atoms with E-state index >= 15 is 0 Å². The molecule has 118 valence electrons. The van der Waals surface area contributed by atoms with E-state index in [9.17, 15) is 18.3 Å². The van der Waals surface area contributed by atoms with Crippen LogP contribution in [0.2, 0.25) is 0 Å². The second-order valence-electron chi connectivity index (χ2n) is 5.19. The maximum atomic E-state index is 12.5. The Morgan fingerprint density at radius 2 is 2.00 bits per heavy atom.